The number of sulfone groups is 1. The molecular formula is C22H32N4O3S. The Labute approximate surface area is 179 Å². The van der Waals surface area contributed by atoms with Gasteiger partial charge in [0.25, 0.3) is 0 Å². The molecule has 2 saturated heterocycles. The van der Waals surface area contributed by atoms with Crippen LogP contribution in [0.15, 0.2) is 23.1 Å². The molecule has 1 aromatic carbocycles. The summed E-state index contributed by atoms with van der Waals surface area (Å²) in [6.45, 7) is 8.88. The van der Waals surface area contributed by atoms with Crippen molar-refractivity contribution >= 4 is 26.7 Å². The number of rotatable bonds is 4. The summed E-state index contributed by atoms with van der Waals surface area (Å²) in [5.74, 6) is 0.691. The third-order valence-electron chi connectivity index (χ3n) is 6.22. The summed E-state index contributed by atoms with van der Waals surface area (Å²) >= 11 is 0. The third kappa shape index (κ3) is 4.76. The van der Waals surface area contributed by atoms with Gasteiger partial charge in [0, 0.05) is 43.4 Å². The van der Waals surface area contributed by atoms with Crippen LogP contribution in [-0.4, -0.2) is 62.0 Å². The molecule has 0 spiro atoms. The Hall–Kier alpha value is -1.77. The van der Waals surface area contributed by atoms with Crippen molar-refractivity contribution in [3.8, 4) is 0 Å². The molecule has 30 heavy (non-hydrogen) atoms. The van der Waals surface area contributed by atoms with E-state index in [0.717, 1.165) is 56.5 Å². The number of nitrogens with one attached hydrogen (secondary N) is 1. The van der Waals surface area contributed by atoms with E-state index in [0.29, 0.717) is 28.4 Å². The molecule has 0 aliphatic carbocycles. The fourth-order valence-corrected chi connectivity index (χ4v) is 5.22. The van der Waals surface area contributed by atoms with Crippen LogP contribution in [0, 0.1) is 6.92 Å². The van der Waals surface area contributed by atoms with Gasteiger partial charge in [-0.3, -0.25) is 0 Å². The topological polar surface area (TPSA) is 84.4 Å². The van der Waals surface area contributed by atoms with Crippen molar-refractivity contribution in [2.75, 3.05) is 30.9 Å². The second-order valence-corrected chi connectivity index (χ2v) is 11.3. The number of nitrogens with zero attached hydrogens (tertiary/aromatic N) is 3. The standard InChI is InChI=1S/C22H32N4O3S/c1-15-19-6-5-18(30(4,27)28)13-20(19)25-21(23-15)26-10-7-16(8-11-26)24-17-9-12-29-22(2,3)14-17/h5-6,13,16-17,24H,7-12,14H2,1-4H3/t17-/m0/s1. The minimum atomic E-state index is -3.27. The van der Waals surface area contributed by atoms with Crippen LogP contribution in [0.4, 0.5) is 5.95 Å². The van der Waals surface area contributed by atoms with Gasteiger partial charge in [-0.25, -0.2) is 18.4 Å². The highest BCUT2D eigenvalue weighted by Crippen LogP contribution is 2.27. The van der Waals surface area contributed by atoms with Gasteiger partial charge >= 0.3 is 0 Å². The summed E-state index contributed by atoms with van der Waals surface area (Å²) in [6, 6.07) is 6.10. The highest BCUT2D eigenvalue weighted by molar-refractivity contribution is 7.90. The third-order valence-corrected chi connectivity index (χ3v) is 7.33. The lowest BCUT2D eigenvalue weighted by molar-refractivity contribution is -0.0644. The molecule has 1 atom stereocenters. The van der Waals surface area contributed by atoms with Crippen molar-refractivity contribution in [3.63, 3.8) is 0 Å². The average Bonchev–Trinajstić information content (AvgIpc) is 2.66. The number of aryl methyl sites for hydroxylation is 1. The summed E-state index contributed by atoms with van der Waals surface area (Å²) in [7, 11) is -3.27. The van der Waals surface area contributed by atoms with E-state index in [1.54, 1.807) is 18.2 Å². The van der Waals surface area contributed by atoms with Crippen molar-refractivity contribution in [2.24, 2.45) is 0 Å². The quantitative estimate of drug-likeness (QED) is 0.795. The molecule has 2 fully saturated rings. The number of hydrogen-bond donors (Lipinski definition) is 1. The van der Waals surface area contributed by atoms with E-state index in [4.69, 9.17) is 14.7 Å². The number of hydrogen-bond acceptors (Lipinski definition) is 7. The van der Waals surface area contributed by atoms with E-state index in [1.165, 1.54) is 6.26 Å². The molecular weight excluding hydrogens is 400 g/mol. The summed E-state index contributed by atoms with van der Waals surface area (Å²) in [4.78, 5) is 11.9. The van der Waals surface area contributed by atoms with Crippen LogP contribution in [0.3, 0.4) is 0 Å². The van der Waals surface area contributed by atoms with Crippen LogP contribution >= 0.6 is 0 Å². The van der Waals surface area contributed by atoms with E-state index in [9.17, 15) is 8.42 Å². The first-order valence-corrected chi connectivity index (χ1v) is 12.6. The second kappa shape index (κ2) is 8.05. The number of aromatic nitrogens is 2. The van der Waals surface area contributed by atoms with Crippen LogP contribution < -0.4 is 10.2 Å². The molecule has 164 valence electrons. The molecule has 0 radical (unpaired) electrons. The maximum atomic E-state index is 11.9. The second-order valence-electron chi connectivity index (χ2n) is 9.29. The predicted octanol–water partition coefficient (Wildman–Crippen LogP) is 2.86. The molecule has 2 aliphatic rings. The van der Waals surface area contributed by atoms with Crippen LogP contribution in [-0.2, 0) is 14.6 Å². The summed E-state index contributed by atoms with van der Waals surface area (Å²) < 4.78 is 29.7. The number of benzene rings is 1. The van der Waals surface area contributed by atoms with Gasteiger partial charge < -0.3 is 15.0 Å². The minimum Gasteiger partial charge on any atom is -0.375 e. The zero-order valence-electron chi connectivity index (χ0n) is 18.3. The van der Waals surface area contributed by atoms with Gasteiger partial charge in [0.2, 0.25) is 5.95 Å². The molecule has 7 nitrogen and oxygen atoms in total. The Kier molecular flexibility index (Phi) is 5.76. The maximum Gasteiger partial charge on any atom is 0.226 e. The summed E-state index contributed by atoms with van der Waals surface area (Å²) in [5.41, 5.74) is 1.52. The Balaban J connectivity index is 1.45. The van der Waals surface area contributed by atoms with E-state index >= 15 is 0 Å². The van der Waals surface area contributed by atoms with Gasteiger partial charge in [-0.2, -0.15) is 0 Å². The van der Waals surface area contributed by atoms with Gasteiger partial charge in [-0.05, 0) is 64.7 Å². The van der Waals surface area contributed by atoms with Gasteiger partial charge in [0.05, 0.1) is 21.7 Å². The number of ether oxygens (including phenoxy) is 1. The maximum absolute atomic E-state index is 11.9. The fourth-order valence-electron chi connectivity index (χ4n) is 4.58. The lowest BCUT2D eigenvalue weighted by Crippen LogP contribution is -2.50. The lowest BCUT2D eigenvalue weighted by Gasteiger charge is -2.40. The molecule has 0 amide bonds. The Morgan fingerprint density at radius 1 is 1.13 bits per heavy atom. The molecule has 3 heterocycles. The normalized spacial score (nSPS) is 23.1. The molecule has 2 aromatic rings. The van der Waals surface area contributed by atoms with Crippen molar-refractivity contribution in [2.45, 2.75) is 69.0 Å². The Morgan fingerprint density at radius 3 is 2.53 bits per heavy atom. The SMILES string of the molecule is Cc1nc(N2CCC(N[C@H]3CCOC(C)(C)C3)CC2)nc2cc(S(C)(=O)=O)ccc12. The van der Waals surface area contributed by atoms with Crippen molar-refractivity contribution in [1.29, 1.82) is 0 Å². The van der Waals surface area contributed by atoms with Crippen LogP contribution in [0.5, 0.6) is 0 Å². The summed E-state index contributed by atoms with van der Waals surface area (Å²) in [6.07, 6.45) is 5.42. The van der Waals surface area contributed by atoms with Gasteiger partial charge in [-0.1, -0.05) is 0 Å². The first-order valence-electron chi connectivity index (χ1n) is 10.7. The Bertz CT molecular complexity index is 1030. The van der Waals surface area contributed by atoms with Gasteiger partial charge in [0.15, 0.2) is 9.84 Å². The average molecular weight is 433 g/mol. The van der Waals surface area contributed by atoms with Crippen LogP contribution in [0.2, 0.25) is 0 Å². The first kappa shape index (κ1) is 21.5. The molecule has 4 rings (SSSR count). The van der Waals surface area contributed by atoms with E-state index < -0.39 is 9.84 Å². The molecule has 0 unspecified atom stereocenters. The zero-order valence-corrected chi connectivity index (χ0v) is 19.1. The monoisotopic (exact) mass is 432 g/mol. The van der Waals surface area contributed by atoms with Crippen molar-refractivity contribution in [1.82, 2.24) is 15.3 Å². The Morgan fingerprint density at radius 2 is 1.87 bits per heavy atom. The van der Waals surface area contributed by atoms with Crippen molar-refractivity contribution in [3.05, 3.63) is 23.9 Å². The van der Waals surface area contributed by atoms with Crippen LogP contribution in [0.1, 0.15) is 45.2 Å². The molecule has 2 aliphatic heterocycles. The van der Waals surface area contributed by atoms with Gasteiger partial charge in [-0.15, -0.1) is 0 Å². The highest BCUT2D eigenvalue weighted by Gasteiger charge is 2.31. The van der Waals surface area contributed by atoms with Crippen molar-refractivity contribution < 1.29 is 13.2 Å². The smallest absolute Gasteiger partial charge is 0.226 e. The number of fused-ring (bicyclic) bond motifs is 1. The highest BCUT2D eigenvalue weighted by atomic mass is 32.2. The van der Waals surface area contributed by atoms with E-state index in [-0.39, 0.29) is 5.60 Å². The molecule has 8 heteroatoms. The predicted molar refractivity (Wildman–Crippen MR) is 119 cm³/mol. The van der Waals surface area contributed by atoms with E-state index in [1.807, 2.05) is 6.92 Å². The molecule has 1 N–H and O–H groups in total. The van der Waals surface area contributed by atoms with Crippen LogP contribution in [0.25, 0.3) is 10.9 Å². The summed E-state index contributed by atoms with van der Waals surface area (Å²) in [5, 5.41) is 4.73. The zero-order chi connectivity index (χ0) is 21.5. The number of piperidine rings is 1. The lowest BCUT2D eigenvalue weighted by atomic mass is 9.92. The van der Waals surface area contributed by atoms with E-state index in [2.05, 4.69) is 24.1 Å². The largest absolute Gasteiger partial charge is 0.375 e. The first-order chi connectivity index (χ1) is 14.1. The molecule has 0 bridgehead atoms. The molecule has 1 aromatic heterocycles. The fraction of sp³-hybridized carbons (Fsp3) is 0.636. The minimum absolute atomic E-state index is 0.0437. The van der Waals surface area contributed by atoms with Gasteiger partial charge in [0.1, 0.15) is 0 Å². The molecule has 0 saturated carbocycles. The number of anilines is 1.